The van der Waals surface area contributed by atoms with Gasteiger partial charge in [-0.25, -0.2) is 0 Å². The molecule has 0 aromatic heterocycles. The summed E-state index contributed by atoms with van der Waals surface area (Å²) in [5.74, 6) is -0.745. The number of rotatable bonds is 15. The van der Waals surface area contributed by atoms with Gasteiger partial charge < -0.3 is 14.2 Å². The first-order valence-corrected chi connectivity index (χ1v) is 11.3. The maximum atomic E-state index is 11.8. The van der Waals surface area contributed by atoms with E-state index in [9.17, 15) is 4.79 Å². The van der Waals surface area contributed by atoms with Crippen LogP contribution in [-0.4, -0.2) is 31.1 Å². The van der Waals surface area contributed by atoms with Gasteiger partial charge in [0.1, 0.15) is 12.7 Å². The molecule has 1 heterocycles. The van der Waals surface area contributed by atoms with Crippen LogP contribution in [0.25, 0.3) is 0 Å². The van der Waals surface area contributed by atoms with E-state index in [2.05, 4.69) is 67.7 Å². The first-order valence-electron chi connectivity index (χ1n) is 11.3. The van der Waals surface area contributed by atoms with E-state index in [-0.39, 0.29) is 18.7 Å². The highest BCUT2D eigenvalue weighted by molar-refractivity contribution is 5.69. The third-order valence-electron chi connectivity index (χ3n) is 4.41. The van der Waals surface area contributed by atoms with Crippen LogP contribution in [0, 0.1) is 0 Å². The number of carbonyl (C=O) groups excluding carboxylic acids is 1. The Morgan fingerprint density at radius 1 is 0.900 bits per heavy atom. The molecule has 168 valence electrons. The highest BCUT2D eigenvalue weighted by Gasteiger charge is 2.33. The number of hydrogen-bond donors (Lipinski definition) is 0. The molecule has 0 N–H and O–H groups in total. The van der Waals surface area contributed by atoms with Gasteiger partial charge in [0, 0.05) is 6.42 Å². The lowest BCUT2D eigenvalue weighted by Crippen LogP contribution is -2.25. The number of unbranched alkanes of at least 4 members (excludes halogenated alkanes) is 1. The van der Waals surface area contributed by atoms with E-state index < -0.39 is 5.79 Å². The predicted molar refractivity (Wildman–Crippen MR) is 124 cm³/mol. The van der Waals surface area contributed by atoms with Crippen molar-refractivity contribution in [3.63, 3.8) is 0 Å². The lowest BCUT2D eigenvalue weighted by atomic mass is 10.2. The van der Waals surface area contributed by atoms with Gasteiger partial charge in [-0.2, -0.15) is 0 Å². The average Bonchev–Trinajstić information content (AvgIpc) is 3.07. The molecule has 0 radical (unpaired) electrons. The fourth-order valence-corrected chi connectivity index (χ4v) is 2.84. The van der Waals surface area contributed by atoms with Crippen molar-refractivity contribution in [1.82, 2.24) is 0 Å². The topological polar surface area (TPSA) is 44.8 Å². The highest BCUT2D eigenvalue weighted by atomic mass is 16.7. The molecule has 1 aliphatic rings. The van der Waals surface area contributed by atoms with Crippen molar-refractivity contribution in [2.45, 2.75) is 84.0 Å². The molecule has 1 atom stereocenters. The second-order valence-electron chi connectivity index (χ2n) is 7.73. The summed E-state index contributed by atoms with van der Waals surface area (Å²) >= 11 is 0. The second-order valence-corrected chi connectivity index (χ2v) is 7.73. The monoisotopic (exact) mass is 416 g/mol. The predicted octanol–water partition coefficient (Wildman–Crippen LogP) is 6.60. The van der Waals surface area contributed by atoms with Crippen LogP contribution in [0.5, 0.6) is 0 Å². The Hall–Kier alpha value is -1.91. The Morgan fingerprint density at radius 3 is 1.93 bits per heavy atom. The van der Waals surface area contributed by atoms with E-state index in [0.29, 0.717) is 13.0 Å². The summed E-state index contributed by atoms with van der Waals surface area (Å²) < 4.78 is 16.3. The summed E-state index contributed by atoms with van der Waals surface area (Å²) in [4.78, 5) is 11.8. The summed E-state index contributed by atoms with van der Waals surface area (Å²) in [5.41, 5.74) is 0. The lowest BCUT2D eigenvalue weighted by Gasteiger charge is -2.16. The number of esters is 1. The summed E-state index contributed by atoms with van der Waals surface area (Å²) in [6, 6.07) is 0. The van der Waals surface area contributed by atoms with Crippen LogP contribution in [0.1, 0.15) is 72.1 Å². The molecule has 0 aromatic rings. The van der Waals surface area contributed by atoms with Crippen LogP contribution in [0.2, 0.25) is 0 Å². The third kappa shape index (κ3) is 15.0. The summed E-state index contributed by atoms with van der Waals surface area (Å²) in [6.07, 6.45) is 28.8. The molecule has 1 aliphatic heterocycles. The smallest absolute Gasteiger partial charge is 0.305 e. The molecule has 0 aliphatic carbocycles. The van der Waals surface area contributed by atoms with Crippen molar-refractivity contribution in [3.8, 4) is 0 Å². The molecule has 1 rings (SSSR count). The van der Waals surface area contributed by atoms with Crippen LogP contribution in [0.15, 0.2) is 60.8 Å². The van der Waals surface area contributed by atoms with Crippen LogP contribution in [0.3, 0.4) is 0 Å². The zero-order valence-corrected chi connectivity index (χ0v) is 19.1. The Bertz CT molecular complexity index is 596. The van der Waals surface area contributed by atoms with Crippen molar-refractivity contribution in [2.24, 2.45) is 0 Å². The Kier molecular flexibility index (Phi) is 14.7. The maximum absolute atomic E-state index is 11.8. The zero-order chi connectivity index (χ0) is 21.9. The summed E-state index contributed by atoms with van der Waals surface area (Å²) in [7, 11) is 0. The third-order valence-corrected chi connectivity index (χ3v) is 4.41. The van der Waals surface area contributed by atoms with Crippen molar-refractivity contribution in [2.75, 3.05) is 13.2 Å². The Morgan fingerprint density at radius 2 is 1.43 bits per heavy atom. The molecule has 0 bridgehead atoms. The maximum Gasteiger partial charge on any atom is 0.305 e. The molecule has 1 saturated heterocycles. The van der Waals surface area contributed by atoms with E-state index in [1.807, 2.05) is 13.8 Å². The van der Waals surface area contributed by atoms with Gasteiger partial charge in [0.25, 0.3) is 0 Å². The van der Waals surface area contributed by atoms with Gasteiger partial charge in [0.15, 0.2) is 5.79 Å². The van der Waals surface area contributed by atoms with Gasteiger partial charge in [-0.1, -0.05) is 67.7 Å². The normalized spacial score (nSPS) is 19.4. The molecule has 1 fully saturated rings. The van der Waals surface area contributed by atoms with E-state index >= 15 is 0 Å². The van der Waals surface area contributed by atoms with Gasteiger partial charge in [-0.15, -0.1) is 0 Å². The summed E-state index contributed by atoms with van der Waals surface area (Å²) in [6.45, 7) is 6.61. The van der Waals surface area contributed by atoms with Crippen molar-refractivity contribution >= 4 is 5.97 Å². The van der Waals surface area contributed by atoms with Gasteiger partial charge in [-0.05, 0) is 58.8 Å². The minimum absolute atomic E-state index is 0.157. The lowest BCUT2D eigenvalue weighted by molar-refractivity contribution is -0.158. The molecular weight excluding hydrogens is 376 g/mol. The molecule has 4 nitrogen and oxygen atoms in total. The van der Waals surface area contributed by atoms with Gasteiger partial charge in [0.2, 0.25) is 0 Å². The van der Waals surface area contributed by atoms with Crippen LogP contribution in [0.4, 0.5) is 0 Å². The SMILES string of the molecule is CC/C=C\C/C=C\C/C=C\C/C=C\C/C=C\CCCC(=O)OCC1COC(C)(C)O1. The molecular formula is C26H40O4. The van der Waals surface area contributed by atoms with Crippen molar-refractivity contribution in [3.05, 3.63) is 60.8 Å². The first-order chi connectivity index (χ1) is 14.5. The van der Waals surface area contributed by atoms with Gasteiger partial charge in [0.05, 0.1) is 6.61 Å². The summed E-state index contributed by atoms with van der Waals surface area (Å²) in [5, 5.41) is 0. The number of carbonyl (C=O) groups is 1. The molecule has 4 heteroatoms. The van der Waals surface area contributed by atoms with Crippen LogP contribution < -0.4 is 0 Å². The van der Waals surface area contributed by atoms with Gasteiger partial charge >= 0.3 is 5.97 Å². The first kappa shape index (κ1) is 26.1. The fraction of sp³-hybridized carbons (Fsp3) is 0.577. The van der Waals surface area contributed by atoms with E-state index in [0.717, 1.165) is 44.9 Å². The Balaban J connectivity index is 1.94. The average molecular weight is 417 g/mol. The van der Waals surface area contributed by atoms with Gasteiger partial charge in [-0.3, -0.25) is 4.79 Å². The molecule has 0 saturated carbocycles. The minimum atomic E-state index is -0.574. The second kappa shape index (κ2) is 16.8. The Labute approximate surface area is 183 Å². The molecule has 0 amide bonds. The van der Waals surface area contributed by atoms with E-state index in [1.54, 1.807) is 0 Å². The molecule has 30 heavy (non-hydrogen) atoms. The fourth-order valence-electron chi connectivity index (χ4n) is 2.84. The quantitative estimate of drug-likeness (QED) is 0.171. The highest BCUT2D eigenvalue weighted by Crippen LogP contribution is 2.22. The molecule has 1 unspecified atom stereocenters. The zero-order valence-electron chi connectivity index (χ0n) is 19.1. The molecule has 0 spiro atoms. The van der Waals surface area contributed by atoms with Crippen LogP contribution in [-0.2, 0) is 19.0 Å². The minimum Gasteiger partial charge on any atom is -0.463 e. The van der Waals surface area contributed by atoms with E-state index in [4.69, 9.17) is 14.2 Å². The standard InChI is InChI=1S/C26H40O4/c1-4-5-6-7-8-9-10-11-12-13-14-15-16-17-18-19-20-21-25(27)28-22-24-23-29-26(2,3)30-24/h5-6,8-9,11-12,14-15,17-18,24H,4,7,10,13,16,19-23H2,1-3H3/b6-5-,9-8-,12-11-,15-14-,18-17-. The van der Waals surface area contributed by atoms with E-state index in [1.165, 1.54) is 0 Å². The van der Waals surface area contributed by atoms with Crippen molar-refractivity contribution < 1.29 is 19.0 Å². The number of hydrogen-bond acceptors (Lipinski definition) is 4. The number of ether oxygens (including phenoxy) is 3. The van der Waals surface area contributed by atoms with Crippen molar-refractivity contribution in [1.29, 1.82) is 0 Å². The molecule has 0 aromatic carbocycles. The largest absolute Gasteiger partial charge is 0.463 e. The van der Waals surface area contributed by atoms with Crippen LogP contribution >= 0.6 is 0 Å². The number of allylic oxidation sites excluding steroid dienone is 10.